The van der Waals surface area contributed by atoms with E-state index in [2.05, 4.69) is 61.7 Å². The number of H-pyrrole nitrogens is 1. The molecule has 2 N–H and O–H groups in total. The van der Waals surface area contributed by atoms with Gasteiger partial charge in [0.15, 0.2) is 0 Å². The number of fused-ring (bicyclic) bond motifs is 2. The molecule has 1 fully saturated rings. The number of aryl methyl sites for hydroxylation is 1. The number of anilines is 1. The fraction of sp³-hybridized carbons (Fsp3) is 0.417. The first-order chi connectivity index (χ1) is 15.4. The van der Waals surface area contributed by atoms with E-state index < -0.39 is 0 Å². The summed E-state index contributed by atoms with van der Waals surface area (Å²) in [6, 6.07) is 6.27. The number of likely N-dealkylation sites (tertiary alicyclic amines) is 1. The van der Waals surface area contributed by atoms with E-state index in [1.54, 1.807) is 0 Å². The predicted molar refractivity (Wildman–Crippen MR) is 127 cm³/mol. The molecule has 0 unspecified atom stereocenters. The van der Waals surface area contributed by atoms with Crippen LogP contribution in [0.3, 0.4) is 0 Å². The van der Waals surface area contributed by atoms with Crippen LogP contribution in [0.4, 0.5) is 5.82 Å². The predicted octanol–water partition coefficient (Wildman–Crippen LogP) is 4.14. The average Bonchev–Trinajstić information content (AvgIpc) is 3.33. The number of amides is 1. The minimum Gasteiger partial charge on any atom is -0.345 e. The Morgan fingerprint density at radius 1 is 1.22 bits per heavy atom. The number of hydrogen-bond acceptors (Lipinski definition) is 5. The van der Waals surface area contributed by atoms with Gasteiger partial charge in [0, 0.05) is 29.1 Å². The van der Waals surface area contributed by atoms with Gasteiger partial charge in [0.25, 0.3) is 0 Å². The molecule has 1 amide bonds. The van der Waals surface area contributed by atoms with Crippen LogP contribution in [-0.2, 0) is 4.79 Å². The lowest BCUT2D eigenvalue weighted by Crippen LogP contribution is -2.36. The van der Waals surface area contributed by atoms with E-state index in [-0.39, 0.29) is 11.8 Å². The Balaban J connectivity index is 1.43. The molecular formula is C24H29N7O. The number of carbonyl (C=O) groups is 1. The first-order valence-corrected chi connectivity index (χ1v) is 11.2. The Labute approximate surface area is 187 Å². The Bertz CT molecular complexity index is 1290. The normalized spacial score (nSPS) is 15.8. The van der Waals surface area contributed by atoms with E-state index >= 15 is 0 Å². The molecule has 0 bridgehead atoms. The summed E-state index contributed by atoms with van der Waals surface area (Å²) in [5.74, 6) is 1.67. The van der Waals surface area contributed by atoms with Gasteiger partial charge < -0.3 is 19.8 Å². The zero-order valence-corrected chi connectivity index (χ0v) is 19.0. The third-order valence-electron chi connectivity index (χ3n) is 6.42. The van der Waals surface area contributed by atoms with Gasteiger partial charge in [0.05, 0.1) is 17.4 Å². The number of nitrogens with one attached hydrogen (secondary N) is 2. The number of aromatic nitrogens is 5. The minimum atomic E-state index is 0.0492. The first kappa shape index (κ1) is 20.6. The van der Waals surface area contributed by atoms with Crippen LogP contribution in [0, 0.1) is 12.8 Å². The van der Waals surface area contributed by atoms with Gasteiger partial charge in [-0.15, -0.1) is 0 Å². The SMILES string of the molecule is Cc1nc2cnc(-c3c[nH]c4nc(NC(=O)C5CCN(C)CC5)ccc34)cc2n1C(C)C. The van der Waals surface area contributed by atoms with Gasteiger partial charge in [-0.2, -0.15) is 0 Å². The van der Waals surface area contributed by atoms with E-state index in [1.165, 1.54) is 0 Å². The molecule has 0 saturated carbocycles. The average molecular weight is 432 g/mol. The lowest BCUT2D eigenvalue weighted by atomic mass is 9.96. The van der Waals surface area contributed by atoms with Crippen molar-refractivity contribution in [1.29, 1.82) is 0 Å². The number of nitrogens with zero attached hydrogens (tertiary/aromatic N) is 5. The molecule has 0 atom stereocenters. The minimum absolute atomic E-state index is 0.0492. The molecule has 0 aromatic carbocycles. The summed E-state index contributed by atoms with van der Waals surface area (Å²) in [7, 11) is 2.09. The van der Waals surface area contributed by atoms with Crippen molar-refractivity contribution in [3.63, 3.8) is 0 Å². The summed E-state index contributed by atoms with van der Waals surface area (Å²) >= 11 is 0. The molecule has 8 heteroatoms. The number of aromatic amines is 1. The highest BCUT2D eigenvalue weighted by Crippen LogP contribution is 2.30. The van der Waals surface area contributed by atoms with Crippen molar-refractivity contribution in [2.75, 3.05) is 25.5 Å². The van der Waals surface area contributed by atoms with Gasteiger partial charge in [0.1, 0.15) is 22.8 Å². The molecule has 0 radical (unpaired) electrons. The summed E-state index contributed by atoms with van der Waals surface area (Å²) < 4.78 is 2.23. The molecule has 1 aliphatic rings. The second-order valence-corrected chi connectivity index (χ2v) is 9.04. The maximum atomic E-state index is 12.7. The standard InChI is InChI=1S/C24H29N7O/c1-14(2)31-15(3)27-20-13-25-19(11-21(20)31)18-12-26-23-17(18)5-6-22(28-23)29-24(32)16-7-9-30(4)10-8-16/h5-6,11-14,16H,7-10H2,1-4H3,(H2,26,28,29,32). The van der Waals surface area contributed by atoms with Crippen LogP contribution >= 0.6 is 0 Å². The molecule has 1 aliphatic heterocycles. The monoisotopic (exact) mass is 431 g/mol. The van der Waals surface area contributed by atoms with Gasteiger partial charge in [0.2, 0.25) is 5.91 Å². The van der Waals surface area contributed by atoms with E-state index in [9.17, 15) is 4.79 Å². The van der Waals surface area contributed by atoms with E-state index in [1.807, 2.05) is 31.5 Å². The summed E-state index contributed by atoms with van der Waals surface area (Å²) in [5, 5.41) is 3.97. The molecular weight excluding hydrogens is 402 g/mol. The van der Waals surface area contributed by atoms with Crippen LogP contribution in [-0.4, -0.2) is 55.4 Å². The van der Waals surface area contributed by atoms with Crippen LogP contribution in [0.1, 0.15) is 38.6 Å². The summed E-state index contributed by atoms with van der Waals surface area (Å²) in [6.45, 7) is 8.25. The topological polar surface area (TPSA) is 91.7 Å². The third-order valence-corrected chi connectivity index (χ3v) is 6.42. The van der Waals surface area contributed by atoms with Crippen LogP contribution in [0.25, 0.3) is 33.3 Å². The van der Waals surface area contributed by atoms with Crippen molar-refractivity contribution in [2.45, 2.75) is 39.7 Å². The summed E-state index contributed by atoms with van der Waals surface area (Å²) in [5.41, 5.74) is 4.56. The highest BCUT2D eigenvalue weighted by Gasteiger charge is 2.24. The van der Waals surface area contributed by atoms with Gasteiger partial charge in [-0.1, -0.05) is 0 Å². The largest absolute Gasteiger partial charge is 0.345 e. The maximum Gasteiger partial charge on any atom is 0.228 e. The fourth-order valence-electron chi connectivity index (χ4n) is 4.70. The third kappa shape index (κ3) is 3.64. The van der Waals surface area contributed by atoms with Crippen molar-refractivity contribution < 1.29 is 4.79 Å². The van der Waals surface area contributed by atoms with Crippen molar-refractivity contribution in [1.82, 2.24) is 29.4 Å². The second-order valence-electron chi connectivity index (χ2n) is 9.04. The smallest absolute Gasteiger partial charge is 0.228 e. The first-order valence-electron chi connectivity index (χ1n) is 11.2. The lowest BCUT2D eigenvalue weighted by Gasteiger charge is -2.27. The Morgan fingerprint density at radius 2 is 2.00 bits per heavy atom. The van der Waals surface area contributed by atoms with E-state index in [4.69, 9.17) is 0 Å². The quantitative estimate of drug-likeness (QED) is 0.507. The molecule has 5 rings (SSSR count). The highest BCUT2D eigenvalue weighted by atomic mass is 16.1. The summed E-state index contributed by atoms with van der Waals surface area (Å²) in [4.78, 5) is 32.1. The Kier molecular flexibility index (Phi) is 5.17. The molecule has 5 heterocycles. The molecule has 1 saturated heterocycles. The number of hydrogen-bond donors (Lipinski definition) is 2. The molecule has 32 heavy (non-hydrogen) atoms. The zero-order chi connectivity index (χ0) is 22.4. The number of pyridine rings is 2. The Morgan fingerprint density at radius 3 is 2.75 bits per heavy atom. The zero-order valence-electron chi connectivity index (χ0n) is 19.0. The van der Waals surface area contributed by atoms with Crippen LogP contribution < -0.4 is 5.32 Å². The molecule has 166 valence electrons. The number of carbonyl (C=O) groups excluding carboxylic acids is 1. The molecule has 0 spiro atoms. The Hall–Kier alpha value is -3.26. The van der Waals surface area contributed by atoms with Crippen molar-refractivity contribution in [3.8, 4) is 11.3 Å². The van der Waals surface area contributed by atoms with Crippen molar-refractivity contribution in [2.24, 2.45) is 5.92 Å². The maximum absolute atomic E-state index is 12.7. The van der Waals surface area contributed by atoms with Gasteiger partial charge in [-0.05, 0) is 71.9 Å². The van der Waals surface area contributed by atoms with Crippen molar-refractivity contribution >= 4 is 33.8 Å². The second kappa shape index (κ2) is 8.02. The summed E-state index contributed by atoms with van der Waals surface area (Å²) in [6.07, 6.45) is 5.53. The fourth-order valence-corrected chi connectivity index (χ4v) is 4.70. The lowest BCUT2D eigenvalue weighted by molar-refractivity contribution is -0.121. The molecule has 4 aromatic heterocycles. The van der Waals surface area contributed by atoms with E-state index in [0.717, 1.165) is 65.1 Å². The van der Waals surface area contributed by atoms with Gasteiger partial charge in [-0.25, -0.2) is 9.97 Å². The van der Waals surface area contributed by atoms with Crippen LogP contribution in [0.2, 0.25) is 0 Å². The van der Waals surface area contributed by atoms with Crippen LogP contribution in [0.15, 0.2) is 30.6 Å². The number of rotatable bonds is 4. The molecule has 4 aromatic rings. The molecule has 8 nitrogen and oxygen atoms in total. The van der Waals surface area contributed by atoms with Gasteiger partial charge >= 0.3 is 0 Å². The van der Waals surface area contributed by atoms with Gasteiger partial charge in [-0.3, -0.25) is 9.78 Å². The highest BCUT2D eigenvalue weighted by molar-refractivity contribution is 5.97. The molecule has 0 aliphatic carbocycles. The van der Waals surface area contributed by atoms with Crippen LogP contribution in [0.5, 0.6) is 0 Å². The van der Waals surface area contributed by atoms with E-state index in [0.29, 0.717) is 11.9 Å². The van der Waals surface area contributed by atoms with Crippen molar-refractivity contribution in [3.05, 3.63) is 36.4 Å². The number of imidazole rings is 1. The number of piperidine rings is 1.